The molecule has 6 heteroatoms. The largest absolute Gasteiger partial charge is 0.481 e. The molecular weight excluding hydrogens is 224 g/mol. The number of anilines is 1. The third kappa shape index (κ3) is 3.44. The molecule has 0 amide bonds. The summed E-state index contributed by atoms with van der Waals surface area (Å²) in [4.78, 5) is 22.3. The predicted octanol–water partition coefficient (Wildman–Crippen LogP) is 1.81. The third-order valence-electron chi connectivity index (χ3n) is 2.48. The zero-order chi connectivity index (χ0) is 13.0. The van der Waals surface area contributed by atoms with E-state index in [2.05, 4.69) is 0 Å². The molecule has 6 nitrogen and oxygen atoms in total. The smallest absolute Gasteiger partial charge is 0.305 e. The topological polar surface area (TPSA) is 83.7 Å². The Morgan fingerprint density at radius 3 is 2.71 bits per heavy atom. The van der Waals surface area contributed by atoms with Crippen molar-refractivity contribution in [2.75, 3.05) is 18.5 Å². The number of carbonyl (C=O) groups is 1. The average Bonchev–Trinajstić information content (AvgIpc) is 2.26. The van der Waals surface area contributed by atoms with Crippen LogP contribution in [0, 0.1) is 17.0 Å². The number of nitro groups is 1. The average molecular weight is 238 g/mol. The van der Waals surface area contributed by atoms with E-state index in [9.17, 15) is 14.9 Å². The number of carboxylic acid groups (broad SMARTS) is 1. The van der Waals surface area contributed by atoms with Gasteiger partial charge < -0.3 is 10.0 Å². The second-order valence-electron chi connectivity index (χ2n) is 3.79. The summed E-state index contributed by atoms with van der Waals surface area (Å²) in [6.45, 7) is 2.15. The minimum atomic E-state index is -0.889. The summed E-state index contributed by atoms with van der Waals surface area (Å²) >= 11 is 0. The number of non-ortho nitro benzene ring substituents is 1. The van der Waals surface area contributed by atoms with Crippen molar-refractivity contribution >= 4 is 17.3 Å². The Labute approximate surface area is 98.6 Å². The van der Waals surface area contributed by atoms with E-state index in [1.165, 1.54) is 12.1 Å². The molecule has 0 bridgehead atoms. The van der Waals surface area contributed by atoms with E-state index < -0.39 is 10.9 Å². The number of nitrogens with zero attached hydrogens (tertiary/aromatic N) is 2. The molecule has 0 aliphatic rings. The molecule has 0 atom stereocenters. The second-order valence-corrected chi connectivity index (χ2v) is 3.79. The van der Waals surface area contributed by atoms with Gasteiger partial charge in [0.05, 0.1) is 11.3 Å². The summed E-state index contributed by atoms with van der Waals surface area (Å²) in [7, 11) is 1.72. The molecule has 1 rings (SSSR count). The Bertz CT molecular complexity index is 445. The van der Waals surface area contributed by atoms with Crippen LogP contribution in [0.5, 0.6) is 0 Å². The van der Waals surface area contributed by atoms with Crippen LogP contribution < -0.4 is 4.90 Å². The van der Waals surface area contributed by atoms with Gasteiger partial charge in [-0.15, -0.1) is 0 Å². The van der Waals surface area contributed by atoms with Gasteiger partial charge in [-0.3, -0.25) is 14.9 Å². The molecule has 17 heavy (non-hydrogen) atoms. The number of aryl methyl sites for hydroxylation is 1. The predicted molar refractivity (Wildman–Crippen MR) is 63.4 cm³/mol. The Morgan fingerprint density at radius 2 is 2.18 bits per heavy atom. The highest BCUT2D eigenvalue weighted by atomic mass is 16.6. The maximum Gasteiger partial charge on any atom is 0.305 e. The summed E-state index contributed by atoms with van der Waals surface area (Å²) in [6, 6.07) is 4.55. The number of aliphatic carboxylic acids is 1. The molecule has 0 saturated carbocycles. The van der Waals surface area contributed by atoms with Gasteiger partial charge in [-0.2, -0.15) is 0 Å². The van der Waals surface area contributed by atoms with E-state index in [1.54, 1.807) is 18.0 Å². The van der Waals surface area contributed by atoms with Crippen molar-refractivity contribution in [2.24, 2.45) is 0 Å². The van der Waals surface area contributed by atoms with Crippen LogP contribution in [0.15, 0.2) is 18.2 Å². The van der Waals surface area contributed by atoms with Crippen LogP contribution in [-0.2, 0) is 4.79 Å². The highest BCUT2D eigenvalue weighted by Gasteiger charge is 2.12. The van der Waals surface area contributed by atoms with Gasteiger partial charge in [0.2, 0.25) is 0 Å². The summed E-state index contributed by atoms with van der Waals surface area (Å²) < 4.78 is 0. The maximum atomic E-state index is 10.6. The van der Waals surface area contributed by atoms with Crippen molar-refractivity contribution < 1.29 is 14.8 Å². The molecule has 0 aliphatic heterocycles. The fourth-order valence-corrected chi connectivity index (χ4v) is 1.51. The SMILES string of the molecule is Cc1ccc([N+](=O)[O-])cc1N(C)CCC(=O)O. The summed E-state index contributed by atoms with van der Waals surface area (Å²) in [5.41, 5.74) is 1.57. The number of carboxylic acids is 1. The summed E-state index contributed by atoms with van der Waals surface area (Å²) in [5, 5.41) is 19.2. The first kappa shape index (κ1) is 13.0. The van der Waals surface area contributed by atoms with Gasteiger partial charge in [0.1, 0.15) is 0 Å². The van der Waals surface area contributed by atoms with Gasteiger partial charge in [0.25, 0.3) is 5.69 Å². The highest BCUT2D eigenvalue weighted by molar-refractivity contribution is 5.68. The fourth-order valence-electron chi connectivity index (χ4n) is 1.51. The lowest BCUT2D eigenvalue weighted by Gasteiger charge is -2.20. The molecule has 0 unspecified atom stereocenters. The van der Waals surface area contributed by atoms with Crippen LogP contribution in [0.2, 0.25) is 0 Å². The highest BCUT2D eigenvalue weighted by Crippen LogP contribution is 2.24. The minimum Gasteiger partial charge on any atom is -0.481 e. The van der Waals surface area contributed by atoms with Crippen LogP contribution >= 0.6 is 0 Å². The molecule has 0 aromatic heterocycles. The Hall–Kier alpha value is -2.11. The molecule has 0 spiro atoms. The first-order valence-electron chi connectivity index (χ1n) is 5.10. The van der Waals surface area contributed by atoms with E-state index in [0.29, 0.717) is 12.2 Å². The Kier molecular flexibility index (Phi) is 4.03. The van der Waals surface area contributed by atoms with E-state index in [1.807, 2.05) is 6.92 Å². The van der Waals surface area contributed by atoms with Crippen molar-refractivity contribution in [1.29, 1.82) is 0 Å². The number of nitro benzene ring substituents is 1. The second kappa shape index (κ2) is 5.29. The standard InChI is InChI=1S/C11H14N2O4/c1-8-3-4-9(13(16)17)7-10(8)12(2)6-5-11(14)15/h3-4,7H,5-6H2,1-2H3,(H,14,15). The summed E-state index contributed by atoms with van der Waals surface area (Å²) in [6.07, 6.45) is -0.00136. The lowest BCUT2D eigenvalue weighted by Crippen LogP contribution is -2.21. The monoisotopic (exact) mass is 238 g/mol. The molecule has 1 aromatic carbocycles. The lowest BCUT2D eigenvalue weighted by molar-refractivity contribution is -0.384. The van der Waals surface area contributed by atoms with Gasteiger partial charge in [0.15, 0.2) is 0 Å². The van der Waals surface area contributed by atoms with E-state index >= 15 is 0 Å². The first-order chi connectivity index (χ1) is 7.91. The lowest BCUT2D eigenvalue weighted by atomic mass is 10.1. The van der Waals surface area contributed by atoms with Crippen LogP contribution in [0.4, 0.5) is 11.4 Å². The van der Waals surface area contributed by atoms with E-state index in [4.69, 9.17) is 5.11 Å². The van der Waals surface area contributed by atoms with E-state index in [-0.39, 0.29) is 12.1 Å². The van der Waals surface area contributed by atoms with E-state index in [0.717, 1.165) is 5.56 Å². The van der Waals surface area contributed by atoms with Crippen molar-refractivity contribution in [3.63, 3.8) is 0 Å². The quantitative estimate of drug-likeness (QED) is 0.624. The van der Waals surface area contributed by atoms with Crippen molar-refractivity contribution in [3.05, 3.63) is 33.9 Å². The third-order valence-corrected chi connectivity index (χ3v) is 2.48. The van der Waals surface area contributed by atoms with Crippen LogP contribution in [0.1, 0.15) is 12.0 Å². The van der Waals surface area contributed by atoms with Crippen molar-refractivity contribution in [1.82, 2.24) is 0 Å². The molecule has 1 N–H and O–H groups in total. The molecule has 0 heterocycles. The molecule has 0 radical (unpaired) electrons. The molecule has 92 valence electrons. The van der Waals surface area contributed by atoms with Crippen LogP contribution in [0.3, 0.4) is 0 Å². The van der Waals surface area contributed by atoms with Gasteiger partial charge in [0, 0.05) is 31.4 Å². The summed E-state index contributed by atoms with van der Waals surface area (Å²) in [5.74, 6) is -0.889. The minimum absolute atomic E-state index is 0.00136. The first-order valence-corrected chi connectivity index (χ1v) is 5.10. The molecule has 0 aliphatic carbocycles. The van der Waals surface area contributed by atoms with Crippen LogP contribution in [-0.4, -0.2) is 29.6 Å². The molecule has 0 fully saturated rings. The van der Waals surface area contributed by atoms with Gasteiger partial charge in [-0.05, 0) is 12.5 Å². The van der Waals surface area contributed by atoms with Crippen molar-refractivity contribution in [2.45, 2.75) is 13.3 Å². The zero-order valence-corrected chi connectivity index (χ0v) is 9.71. The van der Waals surface area contributed by atoms with Gasteiger partial charge in [-0.25, -0.2) is 0 Å². The Morgan fingerprint density at radius 1 is 1.53 bits per heavy atom. The zero-order valence-electron chi connectivity index (χ0n) is 9.71. The number of benzene rings is 1. The maximum absolute atomic E-state index is 10.6. The number of rotatable bonds is 5. The number of hydrogen-bond donors (Lipinski definition) is 1. The van der Waals surface area contributed by atoms with Crippen LogP contribution in [0.25, 0.3) is 0 Å². The fraction of sp³-hybridized carbons (Fsp3) is 0.364. The van der Waals surface area contributed by atoms with Gasteiger partial charge >= 0.3 is 5.97 Å². The Balaban J connectivity index is 2.91. The van der Waals surface area contributed by atoms with Crippen molar-refractivity contribution in [3.8, 4) is 0 Å². The molecular formula is C11H14N2O4. The molecule has 1 aromatic rings. The molecule has 0 saturated heterocycles. The number of hydrogen-bond acceptors (Lipinski definition) is 4. The van der Waals surface area contributed by atoms with Gasteiger partial charge in [-0.1, -0.05) is 6.07 Å². The normalized spacial score (nSPS) is 10.0.